The molecule has 2 aromatic carbocycles. The molecule has 0 aliphatic carbocycles. The van der Waals surface area contributed by atoms with E-state index in [1.165, 1.54) is 0 Å². The van der Waals surface area contributed by atoms with Crippen LogP contribution in [0.4, 0.5) is 10.5 Å². The van der Waals surface area contributed by atoms with Crippen LogP contribution >= 0.6 is 39.3 Å². The third-order valence-corrected chi connectivity index (χ3v) is 5.71. The van der Waals surface area contributed by atoms with Gasteiger partial charge in [-0.05, 0) is 61.5 Å². The molecule has 2 amide bonds. The summed E-state index contributed by atoms with van der Waals surface area (Å²) in [5.41, 5.74) is 1.08. The summed E-state index contributed by atoms with van der Waals surface area (Å²) in [6.07, 6.45) is 1.66. The first-order chi connectivity index (χ1) is 13.5. The van der Waals surface area contributed by atoms with Crippen LogP contribution in [0.15, 0.2) is 45.8 Å². The van der Waals surface area contributed by atoms with E-state index in [-0.39, 0.29) is 0 Å². The smallest absolute Gasteiger partial charge is 0.298 e. The highest BCUT2D eigenvalue weighted by Crippen LogP contribution is 2.40. The van der Waals surface area contributed by atoms with Gasteiger partial charge in [-0.1, -0.05) is 39.7 Å². The minimum Gasteiger partial charge on any atom is -0.490 e. The second-order valence-electron chi connectivity index (χ2n) is 5.66. The van der Waals surface area contributed by atoms with Crippen molar-refractivity contribution in [2.75, 3.05) is 18.1 Å². The van der Waals surface area contributed by atoms with E-state index in [4.69, 9.17) is 21.1 Å². The van der Waals surface area contributed by atoms with Gasteiger partial charge < -0.3 is 9.47 Å². The van der Waals surface area contributed by atoms with Crippen LogP contribution in [-0.4, -0.2) is 24.4 Å². The van der Waals surface area contributed by atoms with Crippen molar-refractivity contribution in [3.63, 3.8) is 0 Å². The first-order valence-corrected chi connectivity index (χ1v) is 10.6. The maximum atomic E-state index is 12.9. The van der Waals surface area contributed by atoms with Crippen molar-refractivity contribution in [3.8, 4) is 11.5 Å². The molecule has 146 valence electrons. The molecule has 28 heavy (non-hydrogen) atoms. The second kappa shape index (κ2) is 9.03. The lowest BCUT2D eigenvalue weighted by atomic mass is 10.1. The van der Waals surface area contributed by atoms with Gasteiger partial charge in [-0.3, -0.25) is 9.59 Å². The topological polar surface area (TPSA) is 55.8 Å². The summed E-state index contributed by atoms with van der Waals surface area (Å²) in [5.74, 6) is 0.767. The van der Waals surface area contributed by atoms with Gasteiger partial charge in [-0.15, -0.1) is 0 Å². The monoisotopic (exact) mass is 481 g/mol. The molecule has 0 aromatic heterocycles. The fourth-order valence-electron chi connectivity index (χ4n) is 2.65. The highest BCUT2D eigenvalue weighted by atomic mass is 79.9. The van der Waals surface area contributed by atoms with Crippen LogP contribution in [0.25, 0.3) is 6.08 Å². The van der Waals surface area contributed by atoms with E-state index in [9.17, 15) is 9.59 Å². The van der Waals surface area contributed by atoms with Gasteiger partial charge in [0, 0.05) is 4.47 Å². The highest BCUT2D eigenvalue weighted by Gasteiger charge is 2.37. The zero-order chi connectivity index (χ0) is 20.3. The number of hydrogen-bond donors (Lipinski definition) is 0. The van der Waals surface area contributed by atoms with Gasteiger partial charge in [0.15, 0.2) is 11.5 Å². The number of imide groups is 1. The van der Waals surface area contributed by atoms with Crippen molar-refractivity contribution in [1.29, 1.82) is 0 Å². The number of anilines is 1. The SMILES string of the molecule is CCOc1cc(Br)c(/C=C2\SC(=O)N(c3ccccc3Cl)C2=O)cc1OCC. The van der Waals surface area contributed by atoms with Gasteiger partial charge in [-0.25, -0.2) is 4.90 Å². The molecular formula is C20H17BrClNO4S. The van der Waals surface area contributed by atoms with Crippen molar-refractivity contribution in [1.82, 2.24) is 0 Å². The number of para-hydroxylation sites is 1. The molecule has 1 aliphatic heterocycles. The van der Waals surface area contributed by atoms with Crippen molar-refractivity contribution >= 4 is 62.2 Å². The van der Waals surface area contributed by atoms with Crippen molar-refractivity contribution in [3.05, 3.63) is 56.4 Å². The quantitative estimate of drug-likeness (QED) is 0.463. The molecule has 5 nitrogen and oxygen atoms in total. The number of rotatable bonds is 6. The number of benzene rings is 2. The van der Waals surface area contributed by atoms with Crippen LogP contribution in [0.1, 0.15) is 19.4 Å². The predicted octanol–water partition coefficient (Wildman–Crippen LogP) is 6.14. The molecule has 0 radical (unpaired) electrons. The molecule has 0 unspecified atom stereocenters. The number of carbonyl (C=O) groups is 2. The molecule has 2 aromatic rings. The number of halogens is 2. The van der Waals surface area contributed by atoms with Gasteiger partial charge in [0.1, 0.15) is 0 Å². The first-order valence-electron chi connectivity index (χ1n) is 8.57. The molecule has 0 bridgehead atoms. The standard InChI is InChI=1S/C20H17BrClNO4S/c1-3-26-16-9-12(13(21)11-17(16)27-4-2)10-18-19(24)23(20(25)28-18)15-8-6-5-7-14(15)22/h5-11H,3-4H2,1-2H3/b18-10-. The molecule has 3 rings (SSSR count). The number of carbonyl (C=O) groups excluding carboxylic acids is 2. The molecular weight excluding hydrogens is 466 g/mol. The normalized spacial score (nSPS) is 15.4. The Morgan fingerprint density at radius 2 is 1.75 bits per heavy atom. The van der Waals surface area contributed by atoms with Gasteiger partial charge in [-0.2, -0.15) is 0 Å². The van der Waals surface area contributed by atoms with Gasteiger partial charge in [0.2, 0.25) is 0 Å². The molecule has 0 saturated carbocycles. The van der Waals surface area contributed by atoms with E-state index in [0.717, 1.165) is 21.1 Å². The van der Waals surface area contributed by atoms with E-state index >= 15 is 0 Å². The fourth-order valence-corrected chi connectivity index (χ4v) is 4.13. The van der Waals surface area contributed by atoms with Crippen LogP contribution in [0.2, 0.25) is 5.02 Å². The number of nitrogens with zero attached hydrogens (tertiary/aromatic N) is 1. The Balaban J connectivity index is 1.98. The summed E-state index contributed by atoms with van der Waals surface area (Å²) in [4.78, 5) is 26.7. The molecule has 1 fully saturated rings. The summed E-state index contributed by atoms with van der Waals surface area (Å²) in [7, 11) is 0. The Morgan fingerprint density at radius 1 is 1.11 bits per heavy atom. The van der Waals surface area contributed by atoms with E-state index < -0.39 is 11.1 Å². The lowest BCUT2D eigenvalue weighted by Gasteiger charge is -2.14. The second-order valence-corrected chi connectivity index (χ2v) is 7.91. The van der Waals surface area contributed by atoms with Gasteiger partial charge >= 0.3 is 0 Å². The predicted molar refractivity (Wildman–Crippen MR) is 116 cm³/mol. The number of ether oxygens (including phenoxy) is 2. The Kier molecular flexibility index (Phi) is 6.69. The van der Waals surface area contributed by atoms with E-state index in [1.807, 2.05) is 13.8 Å². The molecule has 1 saturated heterocycles. The summed E-state index contributed by atoms with van der Waals surface area (Å²) in [5, 5.41) is -0.0524. The third-order valence-electron chi connectivity index (χ3n) is 3.84. The van der Waals surface area contributed by atoms with Crippen LogP contribution in [0.5, 0.6) is 11.5 Å². The van der Waals surface area contributed by atoms with Gasteiger partial charge in [0.25, 0.3) is 11.1 Å². The first kappa shape index (κ1) is 20.8. The molecule has 0 N–H and O–H groups in total. The molecule has 0 spiro atoms. The minimum atomic E-state index is -0.415. The Bertz CT molecular complexity index is 963. The van der Waals surface area contributed by atoms with Crippen LogP contribution in [0, 0.1) is 0 Å². The van der Waals surface area contributed by atoms with Crippen molar-refractivity contribution in [2.45, 2.75) is 13.8 Å². The summed E-state index contributed by atoms with van der Waals surface area (Å²) in [6.45, 7) is 4.75. The zero-order valence-electron chi connectivity index (χ0n) is 15.2. The minimum absolute atomic E-state index is 0.303. The Morgan fingerprint density at radius 3 is 2.39 bits per heavy atom. The zero-order valence-corrected chi connectivity index (χ0v) is 18.4. The largest absolute Gasteiger partial charge is 0.490 e. The number of hydrogen-bond acceptors (Lipinski definition) is 5. The van der Waals surface area contributed by atoms with E-state index in [2.05, 4.69) is 15.9 Å². The van der Waals surface area contributed by atoms with Crippen molar-refractivity contribution in [2.24, 2.45) is 0 Å². The van der Waals surface area contributed by atoms with E-state index in [1.54, 1.807) is 42.5 Å². The summed E-state index contributed by atoms with van der Waals surface area (Å²) >= 11 is 10.5. The number of thioether (sulfide) groups is 1. The molecule has 1 heterocycles. The number of amides is 2. The Hall–Kier alpha value is -1.96. The summed E-state index contributed by atoms with van der Waals surface area (Å²) < 4.78 is 12.0. The van der Waals surface area contributed by atoms with Crippen LogP contribution in [0.3, 0.4) is 0 Å². The highest BCUT2D eigenvalue weighted by molar-refractivity contribution is 9.10. The molecule has 0 atom stereocenters. The maximum absolute atomic E-state index is 12.9. The molecule has 8 heteroatoms. The average Bonchev–Trinajstić information content (AvgIpc) is 2.93. The summed E-state index contributed by atoms with van der Waals surface area (Å²) in [6, 6.07) is 10.3. The van der Waals surface area contributed by atoms with Crippen LogP contribution in [-0.2, 0) is 4.79 Å². The maximum Gasteiger partial charge on any atom is 0.298 e. The van der Waals surface area contributed by atoms with Gasteiger partial charge in [0.05, 0.1) is 28.8 Å². The fraction of sp³-hybridized carbons (Fsp3) is 0.200. The van der Waals surface area contributed by atoms with Crippen molar-refractivity contribution < 1.29 is 19.1 Å². The Labute approximate surface area is 180 Å². The van der Waals surface area contributed by atoms with E-state index in [0.29, 0.717) is 45.9 Å². The molecule has 1 aliphatic rings. The average molecular weight is 483 g/mol. The third kappa shape index (κ3) is 4.21. The lowest BCUT2D eigenvalue weighted by Crippen LogP contribution is -2.27. The van der Waals surface area contributed by atoms with Crippen LogP contribution < -0.4 is 14.4 Å². The lowest BCUT2D eigenvalue weighted by molar-refractivity contribution is -0.113.